The van der Waals surface area contributed by atoms with Gasteiger partial charge in [0.25, 0.3) is 0 Å². The summed E-state index contributed by atoms with van der Waals surface area (Å²) in [6.07, 6.45) is 11.5. The van der Waals surface area contributed by atoms with Crippen LogP contribution in [0.5, 0.6) is 0 Å². The lowest BCUT2D eigenvalue weighted by Gasteiger charge is -2.26. The van der Waals surface area contributed by atoms with Crippen molar-refractivity contribution in [3.8, 4) is 0 Å². The van der Waals surface area contributed by atoms with Gasteiger partial charge >= 0.3 is 0 Å². The van der Waals surface area contributed by atoms with E-state index in [0.717, 1.165) is 57.4 Å². The number of carbonyl (C=O) groups excluding carboxylic acids is 1. The Hall–Kier alpha value is -1.66. The van der Waals surface area contributed by atoms with E-state index in [4.69, 9.17) is 4.74 Å². The molecule has 2 aromatic heterocycles. The van der Waals surface area contributed by atoms with Gasteiger partial charge in [-0.1, -0.05) is 18.9 Å². The minimum Gasteiger partial charge on any atom is -0.376 e. The molecular weight excluding hydrogens is 334 g/mol. The molecule has 0 spiro atoms. The molecule has 1 aliphatic heterocycles. The Morgan fingerprint density at radius 3 is 2.96 bits per heavy atom. The van der Waals surface area contributed by atoms with Crippen LogP contribution in [-0.2, 0) is 21.5 Å². The Balaban J connectivity index is 1.43. The van der Waals surface area contributed by atoms with Crippen molar-refractivity contribution < 1.29 is 9.53 Å². The van der Waals surface area contributed by atoms with Crippen molar-refractivity contribution >= 4 is 22.9 Å². The molecule has 5 nitrogen and oxygen atoms in total. The molecule has 1 atom stereocenters. The lowest BCUT2D eigenvalue weighted by atomic mass is 9.83. The molecule has 0 bridgehead atoms. The maximum Gasteiger partial charge on any atom is 0.235 e. The van der Waals surface area contributed by atoms with E-state index in [0.29, 0.717) is 0 Å². The predicted octanol–water partition coefficient (Wildman–Crippen LogP) is 3.96. The Kier molecular flexibility index (Phi) is 4.90. The summed E-state index contributed by atoms with van der Waals surface area (Å²) in [5.41, 5.74) is 0.423. The number of hydrogen-bond acceptors (Lipinski definition) is 4. The van der Waals surface area contributed by atoms with Crippen LogP contribution in [0.15, 0.2) is 29.9 Å². The van der Waals surface area contributed by atoms with E-state index >= 15 is 0 Å². The maximum absolute atomic E-state index is 13.1. The molecule has 6 heteroatoms. The number of nitrogens with zero attached hydrogens (tertiary/aromatic N) is 2. The first kappa shape index (κ1) is 16.8. The molecule has 25 heavy (non-hydrogen) atoms. The molecule has 2 aliphatic rings. The molecule has 2 fully saturated rings. The Morgan fingerprint density at radius 1 is 1.36 bits per heavy atom. The lowest BCUT2D eigenvalue weighted by molar-refractivity contribution is -0.121. The van der Waals surface area contributed by atoms with Crippen LogP contribution >= 0.6 is 11.3 Å². The van der Waals surface area contributed by atoms with E-state index in [2.05, 4.69) is 21.9 Å². The smallest absolute Gasteiger partial charge is 0.235 e. The van der Waals surface area contributed by atoms with Crippen LogP contribution in [0.4, 0.5) is 5.69 Å². The Bertz CT molecular complexity index is 698. The van der Waals surface area contributed by atoms with Crippen molar-refractivity contribution in [1.82, 2.24) is 9.78 Å². The number of hydrogen-bond donors (Lipinski definition) is 1. The molecular formula is C19H25N3O2S. The van der Waals surface area contributed by atoms with Crippen molar-refractivity contribution in [2.45, 2.75) is 63.0 Å². The van der Waals surface area contributed by atoms with E-state index < -0.39 is 0 Å². The Morgan fingerprint density at radius 2 is 2.24 bits per heavy atom. The largest absolute Gasteiger partial charge is 0.376 e. The fourth-order valence-electron chi connectivity index (χ4n) is 4.05. The number of ether oxygens (including phenoxy) is 1. The van der Waals surface area contributed by atoms with Crippen LogP contribution in [0.3, 0.4) is 0 Å². The zero-order chi connectivity index (χ0) is 17.1. The normalized spacial score (nSPS) is 22.8. The molecule has 1 saturated carbocycles. The van der Waals surface area contributed by atoms with Gasteiger partial charge in [0.05, 0.1) is 29.9 Å². The van der Waals surface area contributed by atoms with Gasteiger partial charge in [-0.25, -0.2) is 0 Å². The number of rotatable bonds is 5. The number of nitrogens with one attached hydrogen (secondary N) is 1. The third kappa shape index (κ3) is 3.51. The number of thiophene rings is 1. The average Bonchev–Trinajstić information content (AvgIpc) is 3.38. The highest BCUT2D eigenvalue weighted by Gasteiger charge is 2.43. The molecule has 1 saturated heterocycles. The third-order valence-electron chi connectivity index (χ3n) is 5.44. The van der Waals surface area contributed by atoms with Crippen LogP contribution in [0.1, 0.15) is 49.8 Å². The van der Waals surface area contributed by atoms with Gasteiger partial charge in [-0.3, -0.25) is 9.48 Å². The molecule has 3 heterocycles. The summed E-state index contributed by atoms with van der Waals surface area (Å²) in [4.78, 5) is 14.3. The minimum absolute atomic E-state index is 0.112. The number of amides is 1. The van der Waals surface area contributed by atoms with Crippen molar-refractivity contribution in [3.05, 3.63) is 34.8 Å². The highest BCUT2D eigenvalue weighted by Crippen LogP contribution is 2.43. The van der Waals surface area contributed by atoms with Gasteiger partial charge in [-0.2, -0.15) is 5.10 Å². The van der Waals surface area contributed by atoms with Gasteiger partial charge in [0.2, 0.25) is 5.91 Å². The van der Waals surface area contributed by atoms with Gasteiger partial charge in [0, 0.05) is 17.7 Å². The molecule has 0 unspecified atom stereocenters. The van der Waals surface area contributed by atoms with E-state index in [-0.39, 0.29) is 17.4 Å². The topological polar surface area (TPSA) is 56.2 Å². The standard InChI is InChI=1S/C19H25N3O2S/c23-18(19(8-2-3-9-19)17-7-5-11-25-17)21-15-12-20-22(13-15)14-16-6-1-4-10-24-16/h5,7,11-13,16H,1-4,6,8-10,14H2,(H,21,23)/t16-/m0/s1. The zero-order valence-corrected chi connectivity index (χ0v) is 15.3. The fraction of sp³-hybridized carbons (Fsp3) is 0.579. The SMILES string of the molecule is O=C(Nc1cnn(C[C@@H]2CCCCO2)c1)C1(c2cccs2)CCCC1. The van der Waals surface area contributed by atoms with Crippen molar-refractivity contribution in [1.29, 1.82) is 0 Å². The molecule has 1 aliphatic carbocycles. The minimum atomic E-state index is -0.358. The summed E-state index contributed by atoms with van der Waals surface area (Å²) in [5, 5.41) is 9.57. The van der Waals surface area contributed by atoms with Gasteiger partial charge in [-0.15, -0.1) is 11.3 Å². The zero-order valence-electron chi connectivity index (χ0n) is 14.4. The summed E-state index contributed by atoms with van der Waals surface area (Å²) in [7, 11) is 0. The third-order valence-corrected chi connectivity index (χ3v) is 6.51. The van der Waals surface area contributed by atoms with Gasteiger partial charge < -0.3 is 10.1 Å². The van der Waals surface area contributed by atoms with E-state index in [9.17, 15) is 4.79 Å². The summed E-state index contributed by atoms with van der Waals surface area (Å²) < 4.78 is 7.66. The molecule has 0 radical (unpaired) electrons. The second-order valence-corrected chi connectivity index (χ2v) is 8.11. The highest BCUT2D eigenvalue weighted by molar-refractivity contribution is 7.10. The van der Waals surface area contributed by atoms with E-state index in [1.54, 1.807) is 17.5 Å². The maximum atomic E-state index is 13.1. The van der Waals surface area contributed by atoms with Crippen LogP contribution in [0.25, 0.3) is 0 Å². The molecule has 134 valence electrons. The van der Waals surface area contributed by atoms with Crippen molar-refractivity contribution in [2.75, 3.05) is 11.9 Å². The van der Waals surface area contributed by atoms with E-state index in [1.165, 1.54) is 11.3 Å². The monoisotopic (exact) mass is 359 g/mol. The van der Waals surface area contributed by atoms with Crippen LogP contribution in [-0.4, -0.2) is 28.4 Å². The molecule has 4 rings (SSSR count). The number of aromatic nitrogens is 2. The quantitative estimate of drug-likeness (QED) is 0.879. The fourth-order valence-corrected chi connectivity index (χ4v) is 5.04. The first-order valence-corrected chi connectivity index (χ1v) is 10.1. The number of carbonyl (C=O) groups is 1. The Labute approximate surface area is 152 Å². The van der Waals surface area contributed by atoms with Crippen molar-refractivity contribution in [3.63, 3.8) is 0 Å². The molecule has 2 aromatic rings. The summed E-state index contributed by atoms with van der Waals surface area (Å²) >= 11 is 1.69. The second-order valence-electron chi connectivity index (χ2n) is 7.16. The summed E-state index contributed by atoms with van der Waals surface area (Å²) in [6, 6.07) is 4.13. The second kappa shape index (κ2) is 7.30. The summed E-state index contributed by atoms with van der Waals surface area (Å²) in [6.45, 7) is 1.60. The van der Waals surface area contributed by atoms with Crippen LogP contribution in [0, 0.1) is 0 Å². The van der Waals surface area contributed by atoms with Gasteiger partial charge in [0.15, 0.2) is 0 Å². The lowest BCUT2D eigenvalue weighted by Crippen LogP contribution is -2.37. The van der Waals surface area contributed by atoms with Gasteiger partial charge in [-0.05, 0) is 43.6 Å². The van der Waals surface area contributed by atoms with E-state index in [1.807, 2.05) is 16.9 Å². The van der Waals surface area contributed by atoms with Crippen molar-refractivity contribution in [2.24, 2.45) is 0 Å². The molecule has 1 amide bonds. The first-order valence-electron chi connectivity index (χ1n) is 9.26. The highest BCUT2D eigenvalue weighted by atomic mass is 32.1. The number of anilines is 1. The van der Waals surface area contributed by atoms with Crippen LogP contribution in [0.2, 0.25) is 0 Å². The molecule has 1 N–H and O–H groups in total. The van der Waals surface area contributed by atoms with Crippen LogP contribution < -0.4 is 5.32 Å². The predicted molar refractivity (Wildman–Crippen MR) is 98.9 cm³/mol. The van der Waals surface area contributed by atoms with Gasteiger partial charge in [0.1, 0.15) is 0 Å². The first-order chi connectivity index (χ1) is 12.3. The molecule has 0 aromatic carbocycles. The summed E-state index contributed by atoms with van der Waals surface area (Å²) in [5.74, 6) is 0.112. The average molecular weight is 359 g/mol.